The number of fused-ring (bicyclic) bond motifs is 1. The average Bonchev–Trinajstić information content (AvgIpc) is 2.78. The van der Waals surface area contributed by atoms with Crippen molar-refractivity contribution in [1.82, 2.24) is 0 Å². The van der Waals surface area contributed by atoms with E-state index in [1.165, 1.54) is 13.2 Å². The smallest absolute Gasteiger partial charge is 0.195 e. The van der Waals surface area contributed by atoms with Crippen LogP contribution in [-0.2, 0) is 9.84 Å². The van der Waals surface area contributed by atoms with Crippen LogP contribution in [0.3, 0.4) is 0 Å². The van der Waals surface area contributed by atoms with E-state index in [0.29, 0.717) is 17.5 Å². The lowest BCUT2D eigenvalue weighted by molar-refractivity contribution is 0.0986. The second-order valence-electron chi connectivity index (χ2n) is 4.85. The van der Waals surface area contributed by atoms with Gasteiger partial charge in [-0.05, 0) is 13.3 Å². The zero-order chi connectivity index (χ0) is 13.5. The number of unbranched alkanes of at least 4 members (excludes halogenated alkanes) is 1. The number of sulfone groups is 1. The van der Waals surface area contributed by atoms with Crippen LogP contribution in [0.15, 0.2) is 10.7 Å². The summed E-state index contributed by atoms with van der Waals surface area (Å²) in [7, 11) is -3.22. The van der Waals surface area contributed by atoms with E-state index >= 15 is 0 Å². The molecule has 0 saturated carbocycles. The molecule has 0 unspecified atom stereocenters. The molecule has 5 heteroatoms. The molecule has 0 aromatic carbocycles. The van der Waals surface area contributed by atoms with E-state index in [9.17, 15) is 13.2 Å². The zero-order valence-electron chi connectivity index (χ0n) is 10.9. The van der Waals surface area contributed by atoms with Gasteiger partial charge in [0.2, 0.25) is 0 Å². The molecule has 1 aromatic rings. The second kappa shape index (κ2) is 4.53. The van der Waals surface area contributed by atoms with Crippen LogP contribution in [0, 0.1) is 0 Å². The van der Waals surface area contributed by atoms with Gasteiger partial charge in [-0.25, -0.2) is 8.42 Å². The predicted octanol–water partition coefficient (Wildman–Crippen LogP) is 3.20. The third-order valence-electron chi connectivity index (χ3n) is 3.64. The lowest BCUT2D eigenvalue weighted by Gasteiger charge is -2.11. The summed E-state index contributed by atoms with van der Waals surface area (Å²) >= 11 is 0. The van der Waals surface area contributed by atoms with Crippen molar-refractivity contribution in [1.29, 1.82) is 0 Å². The molecule has 0 spiro atoms. The molecule has 0 fully saturated rings. The number of carbonyl (C=O) groups is 1. The Balaban J connectivity index is 2.50. The Kier molecular flexibility index (Phi) is 3.36. The van der Waals surface area contributed by atoms with Crippen LogP contribution < -0.4 is 0 Å². The van der Waals surface area contributed by atoms with Crippen molar-refractivity contribution in [3.8, 4) is 0 Å². The summed E-state index contributed by atoms with van der Waals surface area (Å²) < 4.78 is 29.9. The number of Topliss-reactive ketones (excluding diaryl/α,β-unsaturated/α-hetero) is 1. The van der Waals surface area contributed by atoms with Crippen molar-refractivity contribution < 1.29 is 17.6 Å². The zero-order valence-corrected chi connectivity index (χ0v) is 11.7. The van der Waals surface area contributed by atoms with Crippen molar-refractivity contribution in [2.75, 3.05) is 0 Å². The van der Waals surface area contributed by atoms with Gasteiger partial charge < -0.3 is 4.42 Å². The standard InChI is InChI=1S/C13H18O4S/c1-4-5-6-11-10-7-17-13(8(2)14)12(10)9(3)18(11,15)16/h7,9,11H,4-6H2,1-3H3/t9-,11-/m0/s1. The average molecular weight is 270 g/mol. The molecule has 0 saturated heterocycles. The molecular formula is C13H18O4S. The number of hydrogen-bond donors (Lipinski definition) is 0. The Labute approximate surface area is 107 Å². The van der Waals surface area contributed by atoms with E-state index in [2.05, 4.69) is 0 Å². The molecule has 0 N–H and O–H groups in total. The Morgan fingerprint density at radius 1 is 1.44 bits per heavy atom. The van der Waals surface area contributed by atoms with E-state index in [1.807, 2.05) is 6.92 Å². The fraction of sp³-hybridized carbons (Fsp3) is 0.615. The van der Waals surface area contributed by atoms with Crippen LogP contribution in [0.2, 0.25) is 0 Å². The Morgan fingerprint density at radius 3 is 2.67 bits per heavy atom. The van der Waals surface area contributed by atoms with E-state index in [1.54, 1.807) is 6.92 Å². The molecule has 1 aliphatic rings. The molecule has 2 rings (SSSR count). The Morgan fingerprint density at radius 2 is 2.11 bits per heavy atom. The SMILES string of the molecule is CCCC[C@H]1c2coc(C(C)=O)c2[C@H](C)S1(=O)=O. The summed E-state index contributed by atoms with van der Waals surface area (Å²) in [5.41, 5.74) is 1.28. The number of rotatable bonds is 4. The summed E-state index contributed by atoms with van der Waals surface area (Å²) in [6.45, 7) is 5.07. The normalized spacial score (nSPS) is 25.1. The first kappa shape index (κ1) is 13.3. The highest BCUT2D eigenvalue weighted by Crippen LogP contribution is 2.49. The largest absolute Gasteiger partial charge is 0.461 e. The van der Waals surface area contributed by atoms with Gasteiger partial charge in [-0.1, -0.05) is 19.8 Å². The highest BCUT2D eigenvalue weighted by molar-refractivity contribution is 7.92. The lowest BCUT2D eigenvalue weighted by atomic mass is 10.0. The van der Waals surface area contributed by atoms with Gasteiger partial charge in [-0.2, -0.15) is 0 Å². The lowest BCUT2D eigenvalue weighted by Crippen LogP contribution is -2.11. The van der Waals surface area contributed by atoms with Crippen molar-refractivity contribution >= 4 is 15.6 Å². The minimum absolute atomic E-state index is 0.208. The molecule has 2 heterocycles. The van der Waals surface area contributed by atoms with Crippen molar-refractivity contribution in [2.24, 2.45) is 0 Å². The predicted molar refractivity (Wildman–Crippen MR) is 68.3 cm³/mol. The van der Waals surface area contributed by atoms with Crippen LogP contribution in [0.1, 0.15) is 72.2 Å². The Hall–Kier alpha value is -1.10. The first-order chi connectivity index (χ1) is 8.41. The number of carbonyl (C=O) groups excluding carboxylic acids is 1. The third kappa shape index (κ3) is 1.81. The van der Waals surface area contributed by atoms with Crippen molar-refractivity contribution in [2.45, 2.75) is 50.5 Å². The fourth-order valence-corrected chi connectivity index (χ4v) is 4.71. The number of furan rings is 1. The molecule has 0 radical (unpaired) electrons. The van der Waals surface area contributed by atoms with Gasteiger partial charge >= 0.3 is 0 Å². The van der Waals surface area contributed by atoms with Gasteiger partial charge in [0.05, 0.1) is 16.8 Å². The Bertz CT molecular complexity index is 568. The molecular weight excluding hydrogens is 252 g/mol. The molecule has 1 aliphatic heterocycles. The van der Waals surface area contributed by atoms with Gasteiger partial charge in [0.1, 0.15) is 0 Å². The van der Waals surface area contributed by atoms with Crippen LogP contribution in [0.25, 0.3) is 0 Å². The minimum atomic E-state index is -3.22. The van der Waals surface area contributed by atoms with E-state index in [-0.39, 0.29) is 11.5 Å². The van der Waals surface area contributed by atoms with Crippen LogP contribution in [-0.4, -0.2) is 14.2 Å². The van der Waals surface area contributed by atoms with Crippen LogP contribution >= 0.6 is 0 Å². The summed E-state index contributed by atoms with van der Waals surface area (Å²) in [6, 6.07) is 0. The molecule has 0 bridgehead atoms. The number of hydrogen-bond acceptors (Lipinski definition) is 4. The fourth-order valence-electron chi connectivity index (χ4n) is 2.62. The molecule has 0 amide bonds. The second-order valence-corrected chi connectivity index (χ2v) is 7.31. The topological polar surface area (TPSA) is 64.3 Å². The highest BCUT2D eigenvalue weighted by atomic mass is 32.2. The quantitative estimate of drug-likeness (QED) is 0.788. The van der Waals surface area contributed by atoms with Gasteiger partial charge in [0, 0.05) is 18.1 Å². The van der Waals surface area contributed by atoms with Crippen molar-refractivity contribution in [3.63, 3.8) is 0 Å². The number of ketones is 1. The summed E-state index contributed by atoms with van der Waals surface area (Å²) in [4.78, 5) is 11.5. The van der Waals surface area contributed by atoms with E-state index in [4.69, 9.17) is 4.42 Å². The van der Waals surface area contributed by atoms with Gasteiger partial charge in [-0.3, -0.25) is 4.79 Å². The molecule has 1 aromatic heterocycles. The van der Waals surface area contributed by atoms with Crippen LogP contribution in [0.5, 0.6) is 0 Å². The van der Waals surface area contributed by atoms with Crippen LogP contribution in [0.4, 0.5) is 0 Å². The maximum atomic E-state index is 12.3. The third-order valence-corrected chi connectivity index (χ3v) is 6.15. The van der Waals surface area contributed by atoms with Crippen molar-refractivity contribution in [3.05, 3.63) is 23.2 Å². The summed E-state index contributed by atoms with van der Waals surface area (Å²) in [6.07, 6.45) is 3.87. The highest BCUT2D eigenvalue weighted by Gasteiger charge is 2.46. The molecule has 18 heavy (non-hydrogen) atoms. The first-order valence-corrected chi connectivity index (χ1v) is 7.87. The van der Waals surface area contributed by atoms with E-state index in [0.717, 1.165) is 12.8 Å². The molecule has 0 aliphatic carbocycles. The molecule has 2 atom stereocenters. The summed E-state index contributed by atoms with van der Waals surface area (Å²) in [5.74, 6) is -0.00508. The minimum Gasteiger partial charge on any atom is -0.461 e. The van der Waals surface area contributed by atoms with E-state index < -0.39 is 20.3 Å². The first-order valence-electron chi connectivity index (χ1n) is 6.26. The molecule has 4 nitrogen and oxygen atoms in total. The van der Waals surface area contributed by atoms with Gasteiger partial charge in [0.15, 0.2) is 21.4 Å². The maximum Gasteiger partial charge on any atom is 0.195 e. The molecule has 100 valence electrons. The maximum absolute atomic E-state index is 12.3. The van der Waals surface area contributed by atoms with Gasteiger partial charge in [0.25, 0.3) is 0 Å². The monoisotopic (exact) mass is 270 g/mol. The van der Waals surface area contributed by atoms with Gasteiger partial charge in [-0.15, -0.1) is 0 Å². The summed E-state index contributed by atoms with van der Waals surface area (Å²) in [5, 5.41) is -1.13.